The van der Waals surface area contributed by atoms with Crippen molar-refractivity contribution in [3.05, 3.63) is 10.6 Å². The third-order valence-corrected chi connectivity index (χ3v) is 7.36. The second kappa shape index (κ2) is 8.29. The van der Waals surface area contributed by atoms with Crippen LogP contribution in [-0.2, 0) is 5.41 Å². The molecular weight excluding hydrogens is 570 g/mol. The van der Waals surface area contributed by atoms with E-state index in [1.807, 2.05) is 0 Å². The van der Waals surface area contributed by atoms with E-state index in [2.05, 4.69) is 0 Å². The molecular formula is C17H28ClN3O18. The Morgan fingerprint density at radius 2 is 1.05 bits per heavy atom. The van der Waals surface area contributed by atoms with Gasteiger partial charge in [0.05, 0.1) is 5.56 Å². The van der Waals surface area contributed by atoms with Gasteiger partial charge in [-0.25, -0.2) is 0 Å². The highest BCUT2D eigenvalue weighted by Gasteiger charge is 2.99. The lowest BCUT2D eigenvalue weighted by atomic mass is 9.42. The summed E-state index contributed by atoms with van der Waals surface area (Å²) in [7, 11) is 0.767. The largest absolute Gasteiger partial charge is 0.504 e. The minimum atomic E-state index is -5.55. The molecule has 4 unspecified atom stereocenters. The van der Waals surface area contributed by atoms with Gasteiger partial charge >= 0.3 is 5.97 Å². The molecule has 21 nitrogen and oxygen atoms in total. The van der Waals surface area contributed by atoms with E-state index >= 15 is 0 Å². The van der Waals surface area contributed by atoms with Gasteiger partial charge in [-0.15, -0.1) is 0 Å². The van der Waals surface area contributed by atoms with Gasteiger partial charge in [-0.2, -0.15) is 0 Å². The van der Waals surface area contributed by atoms with E-state index in [4.69, 9.17) is 23.1 Å². The summed E-state index contributed by atoms with van der Waals surface area (Å²) in [6, 6.07) is 0. The molecule has 0 amide bonds. The lowest BCUT2D eigenvalue weighted by Gasteiger charge is -2.74. The Kier molecular flexibility index (Phi) is 7.06. The number of hydrogen-bond acceptors (Lipinski definition) is 21. The molecule has 22 heteroatoms. The number of phenolic OH excluding ortho intramolecular Hbond substituents is 4. The van der Waals surface area contributed by atoms with Gasteiger partial charge in [-0.05, 0) is 14.1 Å². The molecule has 0 spiro atoms. The molecule has 0 heterocycles. The van der Waals surface area contributed by atoms with Gasteiger partial charge in [0.15, 0.2) is 39.9 Å². The molecule has 0 bridgehead atoms. The Morgan fingerprint density at radius 3 is 1.31 bits per heavy atom. The normalized spacial score (nSPS) is 28.5. The maximum Gasteiger partial charge on any atom is 0.319 e. The zero-order chi connectivity index (χ0) is 31.5. The van der Waals surface area contributed by atoms with Crippen LogP contribution in [0.5, 0.6) is 23.0 Å². The molecule has 0 aromatic heterocycles. The lowest BCUT2D eigenvalue weighted by Crippen LogP contribution is -3.05. The van der Waals surface area contributed by atoms with Crippen molar-refractivity contribution in [3.63, 3.8) is 0 Å². The van der Waals surface area contributed by atoms with Crippen LogP contribution in [0.1, 0.15) is 5.56 Å². The van der Waals surface area contributed by atoms with Crippen molar-refractivity contribution in [1.29, 1.82) is 0 Å². The van der Waals surface area contributed by atoms with Gasteiger partial charge in [0.1, 0.15) is 5.02 Å². The van der Waals surface area contributed by atoms with E-state index in [-0.39, 0.29) is 4.90 Å². The van der Waals surface area contributed by atoms with Crippen LogP contribution >= 0.6 is 11.6 Å². The van der Waals surface area contributed by atoms with E-state index in [1.165, 1.54) is 0 Å². The number of phenols is 4. The number of rotatable bonds is 7. The molecule has 1 fully saturated rings. The van der Waals surface area contributed by atoms with Gasteiger partial charge in [0, 0.05) is 0 Å². The Balaban J connectivity index is 3.45. The first-order valence-electron chi connectivity index (χ1n) is 9.91. The van der Waals surface area contributed by atoms with E-state index in [0.29, 0.717) is 14.1 Å². The average molecular weight is 598 g/mol. The summed E-state index contributed by atoms with van der Waals surface area (Å²) < 4.78 is 0. The topological polar surface area (TPSA) is 419 Å². The van der Waals surface area contributed by atoms with Crippen LogP contribution < -0.4 is 11.5 Å². The molecule has 1 saturated carbocycles. The molecule has 2 rings (SSSR count). The number of aromatic hydroxyl groups is 4. The molecule has 0 radical (unpaired) electrons. The molecule has 226 valence electrons. The maximum atomic E-state index is 11.8. The Morgan fingerprint density at radius 1 is 0.692 bits per heavy atom. The van der Waals surface area contributed by atoms with Crippen molar-refractivity contribution in [2.24, 2.45) is 11.5 Å². The summed E-state index contributed by atoms with van der Waals surface area (Å²) in [5.74, 6) is -33.1. The predicted octanol–water partition coefficient (Wildman–Crippen LogP) is -9.69. The maximum absolute atomic E-state index is 11.8. The molecule has 39 heavy (non-hydrogen) atoms. The van der Waals surface area contributed by atoms with Crippen molar-refractivity contribution in [2.75, 3.05) is 14.1 Å². The standard InChI is InChI=1S/C17H28ClN3O18/c1-21(2)12(28,14(31,32)10(26,16(20,35)36)17(37,38)39)9(11(19,27)15(33,34)13(9,29)30)3-5(22)7(24)4(18)8(25)6(3)23/h22-39H,19-20H2,1-2H3. The predicted molar refractivity (Wildman–Crippen MR) is 115 cm³/mol. The van der Waals surface area contributed by atoms with E-state index < -0.39 is 85.3 Å². The minimum Gasteiger partial charge on any atom is -0.504 e. The summed E-state index contributed by atoms with van der Waals surface area (Å²) in [6.07, 6.45) is 0. The van der Waals surface area contributed by atoms with Gasteiger partial charge in [0.25, 0.3) is 23.1 Å². The number of likely N-dealkylation sites (N-methyl/N-ethyl adjacent to an activating group) is 1. The summed E-state index contributed by atoms with van der Waals surface area (Å²) >= 11 is 5.50. The molecule has 1 aliphatic rings. The molecule has 4 atom stereocenters. The zero-order valence-electron chi connectivity index (χ0n) is 19.5. The fourth-order valence-electron chi connectivity index (χ4n) is 4.96. The van der Waals surface area contributed by atoms with Gasteiger partial charge in [0.2, 0.25) is 5.79 Å². The van der Waals surface area contributed by atoms with Crippen LogP contribution in [0, 0.1) is 0 Å². The minimum absolute atomic E-state index is 0.259. The second-order valence-corrected chi connectivity index (χ2v) is 9.63. The molecule has 1 aliphatic carbocycles. The molecule has 0 aliphatic heterocycles. The number of nitrogens with zero attached hydrogens (tertiary/aromatic N) is 1. The second-order valence-electron chi connectivity index (χ2n) is 9.26. The summed E-state index contributed by atoms with van der Waals surface area (Å²) in [5.41, 5.74) is -11.8. The number of halogens is 1. The quantitative estimate of drug-likeness (QED) is 0.0787. The van der Waals surface area contributed by atoms with Crippen molar-refractivity contribution in [1.82, 2.24) is 4.90 Å². The van der Waals surface area contributed by atoms with Crippen molar-refractivity contribution in [2.45, 2.75) is 51.7 Å². The number of aliphatic hydroxyl groups is 14. The third kappa shape index (κ3) is 3.15. The van der Waals surface area contributed by atoms with Crippen molar-refractivity contribution in [3.8, 4) is 23.0 Å². The van der Waals surface area contributed by atoms with E-state index in [0.717, 1.165) is 0 Å². The highest BCUT2D eigenvalue weighted by molar-refractivity contribution is 6.34. The molecule has 0 saturated heterocycles. The Hall–Kier alpha value is -1.97. The SMILES string of the molecule is CN(C)C(O)(C(O)(O)C(O)(C(N)(O)O)C(O)(O)O)C1(c2c(O)c(O)c(Cl)c(O)c2O)C(N)(O)C(O)(O)C1(O)O. The first-order chi connectivity index (χ1) is 16.9. The molecule has 22 N–H and O–H groups in total. The molecule has 1 aromatic carbocycles. The zero-order valence-corrected chi connectivity index (χ0v) is 20.3. The number of hydrogen-bond donors (Lipinski definition) is 20. The average Bonchev–Trinajstić information content (AvgIpc) is 2.75. The summed E-state index contributed by atoms with van der Waals surface area (Å²) in [6.45, 7) is 0. The highest BCUT2D eigenvalue weighted by Crippen LogP contribution is 2.72. The number of benzene rings is 1. The van der Waals surface area contributed by atoms with Crippen LogP contribution in [0.3, 0.4) is 0 Å². The summed E-state index contributed by atoms with van der Waals surface area (Å²) in [4.78, 5) is -0.259. The smallest absolute Gasteiger partial charge is 0.319 e. The monoisotopic (exact) mass is 597 g/mol. The fourth-order valence-corrected chi connectivity index (χ4v) is 5.14. The van der Waals surface area contributed by atoms with Crippen LogP contribution in [0.15, 0.2) is 0 Å². The highest BCUT2D eigenvalue weighted by atomic mass is 35.5. The van der Waals surface area contributed by atoms with Gasteiger partial charge in [-0.1, -0.05) is 11.6 Å². The lowest BCUT2D eigenvalue weighted by molar-refractivity contribution is -0.587. The van der Waals surface area contributed by atoms with Crippen molar-refractivity contribution >= 4 is 11.6 Å². The summed E-state index contributed by atoms with van der Waals surface area (Å²) in [5, 5.41) is 186. The van der Waals surface area contributed by atoms with E-state index in [9.17, 15) is 91.9 Å². The van der Waals surface area contributed by atoms with Crippen LogP contribution in [0.4, 0.5) is 0 Å². The van der Waals surface area contributed by atoms with Gasteiger partial charge in [-0.3, -0.25) is 16.4 Å². The van der Waals surface area contributed by atoms with Crippen LogP contribution in [0.2, 0.25) is 5.02 Å². The van der Waals surface area contributed by atoms with E-state index in [1.54, 1.807) is 0 Å². The Bertz CT molecular complexity index is 1110. The fraction of sp³-hybridized carbons (Fsp3) is 0.647. The van der Waals surface area contributed by atoms with Crippen molar-refractivity contribution < 1.29 is 91.9 Å². The van der Waals surface area contributed by atoms with Crippen LogP contribution in [-0.4, -0.2) is 157 Å². The first kappa shape index (κ1) is 33.2. The van der Waals surface area contributed by atoms with Gasteiger partial charge < -0.3 is 91.9 Å². The third-order valence-electron chi connectivity index (χ3n) is 7.00. The van der Waals surface area contributed by atoms with Crippen LogP contribution in [0.25, 0.3) is 0 Å². The Labute approximate surface area is 219 Å². The number of nitrogens with two attached hydrogens (primary N) is 2. The molecule has 1 aromatic rings. The first-order valence-corrected chi connectivity index (χ1v) is 10.3.